The van der Waals surface area contributed by atoms with Gasteiger partial charge in [-0.2, -0.15) is 0 Å². The van der Waals surface area contributed by atoms with Gasteiger partial charge in [0.2, 0.25) is 0 Å². The molecule has 1 N–H and O–H groups in total. The minimum absolute atomic E-state index is 0.0639. The van der Waals surface area contributed by atoms with Gasteiger partial charge in [-0.1, -0.05) is 6.92 Å². The van der Waals surface area contributed by atoms with Gasteiger partial charge >= 0.3 is 143 Å². The molecule has 2 unspecified atom stereocenters. The van der Waals surface area contributed by atoms with Gasteiger partial charge in [0.25, 0.3) is 0 Å². The number of hydrogen-bond acceptors (Lipinski definition) is 4. The zero-order valence-corrected chi connectivity index (χ0v) is 17.0. The zero-order valence-electron chi connectivity index (χ0n) is 13.2. The van der Waals surface area contributed by atoms with Gasteiger partial charge in [-0.25, -0.2) is 0 Å². The van der Waals surface area contributed by atoms with E-state index in [0.717, 1.165) is 16.3 Å². The number of fused-ring (bicyclic) bond motifs is 1. The van der Waals surface area contributed by atoms with Gasteiger partial charge in [-0.3, -0.25) is 0 Å². The summed E-state index contributed by atoms with van der Waals surface area (Å²) in [4.78, 5) is 14.9. The van der Waals surface area contributed by atoms with Gasteiger partial charge in [-0.15, -0.1) is 0 Å². The molecular weight excluding hydrogens is 484 g/mol. The Morgan fingerprint density at radius 1 is 1.57 bits per heavy atom. The number of cyclic esters (lactones) is 1. The van der Waals surface area contributed by atoms with Crippen molar-refractivity contribution in [3.05, 3.63) is 18.2 Å². The third-order valence-electron chi connectivity index (χ3n) is 3.93. The van der Waals surface area contributed by atoms with Crippen LogP contribution >= 0.6 is 10.5 Å². The van der Waals surface area contributed by atoms with Gasteiger partial charge in [-0.05, 0) is 0 Å². The predicted octanol–water partition coefficient (Wildman–Crippen LogP) is 2.14. The first-order chi connectivity index (χ1) is 11.0. The molecule has 124 valence electrons. The van der Waals surface area contributed by atoms with E-state index in [0.29, 0.717) is 24.9 Å². The second-order valence-electron chi connectivity index (χ2n) is 5.73. The molecule has 3 atom stereocenters. The maximum atomic E-state index is 12.1. The van der Waals surface area contributed by atoms with Crippen LogP contribution in [0.25, 0.3) is 0 Å². The van der Waals surface area contributed by atoms with E-state index in [4.69, 9.17) is 9.47 Å². The number of anilines is 1. The first kappa shape index (κ1) is 16.9. The van der Waals surface area contributed by atoms with Crippen molar-refractivity contribution in [2.24, 2.45) is 0 Å². The van der Waals surface area contributed by atoms with Crippen LogP contribution in [0.2, 0.25) is 0 Å². The fourth-order valence-corrected chi connectivity index (χ4v) is 4.18. The van der Waals surface area contributed by atoms with E-state index in [1.807, 2.05) is 25.1 Å². The van der Waals surface area contributed by atoms with E-state index in [1.54, 1.807) is 4.90 Å². The Bertz CT molecular complexity index is 679. The number of benzene rings is 1. The normalized spacial score (nSPS) is 26.4. The standard InChI is InChI=1S/C16H20N2O3S.W/c1-4-17-8-13-9-18(16(19)21-13)12-5-6-15-14(7-12)20-10-11(2)22(15)3;/h5-7,11,13,17H,3,8-10H2,1-2H3;/t11?,13-,22?;/m0./s1. The van der Waals surface area contributed by atoms with E-state index >= 15 is 0 Å². The van der Waals surface area contributed by atoms with Crippen molar-refractivity contribution in [3.63, 3.8) is 0 Å². The topological polar surface area (TPSA) is 50.8 Å². The molecule has 7 heteroatoms. The second kappa shape index (κ2) is 6.87. The molecule has 2 heterocycles. The van der Waals surface area contributed by atoms with E-state index in [1.165, 1.54) is 23.4 Å². The minimum Gasteiger partial charge on any atom is -0.0501 e. The summed E-state index contributed by atoms with van der Waals surface area (Å²) >= 11 is 1.39. The predicted molar refractivity (Wildman–Crippen MR) is 90.7 cm³/mol. The number of nitrogens with one attached hydrogen (secondary N) is 1. The number of carbonyl (C=O) groups is 1. The molecule has 1 saturated heterocycles. The van der Waals surface area contributed by atoms with Crippen molar-refractivity contribution < 1.29 is 33.6 Å². The smallest absolute Gasteiger partial charge is 0.0501 e. The van der Waals surface area contributed by atoms with E-state index in [9.17, 15) is 4.79 Å². The van der Waals surface area contributed by atoms with Gasteiger partial charge in [0.1, 0.15) is 0 Å². The fraction of sp³-hybridized carbons (Fsp3) is 0.438. The van der Waals surface area contributed by atoms with Gasteiger partial charge in [0.05, 0.1) is 0 Å². The summed E-state index contributed by atoms with van der Waals surface area (Å²) in [6, 6.07) is 5.93. The Hall–Kier alpha value is -0.972. The van der Waals surface area contributed by atoms with Gasteiger partial charge in [0.15, 0.2) is 0 Å². The number of carbonyl (C=O) groups excluding carboxylic acids is 1. The number of hydrogen-bond donors (Lipinski definition) is 1. The summed E-state index contributed by atoms with van der Waals surface area (Å²) in [5.41, 5.74) is 0.825. The molecule has 0 aliphatic carbocycles. The average molecular weight is 504 g/mol. The molecule has 0 radical (unpaired) electrons. The first-order valence-electron chi connectivity index (χ1n) is 7.48. The number of rotatable bonds is 4. The van der Waals surface area contributed by atoms with Crippen LogP contribution in [-0.4, -0.2) is 47.0 Å². The van der Waals surface area contributed by atoms with E-state index in [2.05, 4.69) is 18.1 Å². The molecule has 0 saturated carbocycles. The quantitative estimate of drug-likeness (QED) is 0.639. The van der Waals surface area contributed by atoms with E-state index < -0.39 is 0 Å². The summed E-state index contributed by atoms with van der Waals surface area (Å²) in [5, 5.41) is 3.69. The summed E-state index contributed by atoms with van der Waals surface area (Å²) in [6.45, 7) is 6.06. The summed E-state index contributed by atoms with van der Waals surface area (Å²) < 4.78 is 12.4. The summed E-state index contributed by atoms with van der Waals surface area (Å²) in [5.74, 6) is 5.09. The van der Waals surface area contributed by atoms with Crippen molar-refractivity contribution in [1.29, 1.82) is 0 Å². The van der Waals surface area contributed by atoms with Crippen molar-refractivity contribution in [2.75, 3.05) is 24.6 Å². The molecule has 1 aromatic rings. The Morgan fingerprint density at radius 2 is 2.35 bits per heavy atom. The monoisotopic (exact) mass is 504 g/mol. The first-order valence-corrected chi connectivity index (χ1v) is 10.4. The van der Waals surface area contributed by atoms with Gasteiger partial charge < -0.3 is 0 Å². The van der Waals surface area contributed by atoms with Crippen LogP contribution in [-0.2, 0) is 24.1 Å². The SMILES string of the molecule is C=S1c2ccc(N3C[C@H](CN[C](C)=[W])OC3=O)cc2OCC1C. The molecule has 0 spiro atoms. The van der Waals surface area contributed by atoms with Crippen LogP contribution in [0.4, 0.5) is 10.5 Å². The molecule has 3 rings (SSSR count). The van der Waals surface area contributed by atoms with Crippen LogP contribution in [0.3, 0.4) is 0 Å². The van der Waals surface area contributed by atoms with Crippen LogP contribution in [0.5, 0.6) is 5.75 Å². The molecule has 0 aromatic heterocycles. The molecule has 1 aromatic carbocycles. The molecular formula is C16H20N2O3SW. The number of amides is 1. The van der Waals surface area contributed by atoms with Crippen LogP contribution in [0.15, 0.2) is 23.1 Å². The van der Waals surface area contributed by atoms with Crippen molar-refractivity contribution in [2.45, 2.75) is 30.1 Å². The molecule has 1 amide bonds. The number of nitrogens with zero attached hydrogens (tertiary/aromatic N) is 1. The zero-order chi connectivity index (χ0) is 16.6. The molecule has 1 fully saturated rings. The molecule has 5 nitrogen and oxygen atoms in total. The summed E-state index contributed by atoms with van der Waals surface area (Å²) in [7, 11) is -0.0639. The average Bonchev–Trinajstić information content (AvgIpc) is 2.90. The molecule has 2 aliphatic rings. The Labute approximate surface area is 149 Å². The molecule has 0 bridgehead atoms. The van der Waals surface area contributed by atoms with Gasteiger partial charge in [0, 0.05) is 0 Å². The van der Waals surface area contributed by atoms with E-state index in [-0.39, 0.29) is 22.7 Å². The van der Waals surface area contributed by atoms with Crippen molar-refractivity contribution in [1.82, 2.24) is 5.32 Å². The molecule has 2 aliphatic heterocycles. The second-order valence-corrected chi connectivity index (χ2v) is 10.0. The van der Waals surface area contributed by atoms with Crippen LogP contribution in [0.1, 0.15) is 13.8 Å². The van der Waals surface area contributed by atoms with Crippen LogP contribution < -0.4 is 15.0 Å². The third-order valence-corrected chi connectivity index (χ3v) is 6.46. The Kier molecular flexibility index (Phi) is 5.04. The Balaban J connectivity index is 1.76. The molecule has 23 heavy (non-hydrogen) atoms. The summed E-state index contributed by atoms with van der Waals surface area (Å²) in [6.07, 6.45) is -0.424. The Morgan fingerprint density at radius 3 is 3.09 bits per heavy atom. The minimum atomic E-state index is -0.296. The van der Waals surface area contributed by atoms with Crippen molar-refractivity contribution in [3.8, 4) is 5.75 Å². The number of ether oxygens (including phenoxy) is 2. The maximum absolute atomic E-state index is 12.1. The van der Waals surface area contributed by atoms with Crippen LogP contribution in [0, 0.1) is 0 Å². The fourth-order valence-electron chi connectivity index (χ4n) is 2.60. The third kappa shape index (κ3) is 3.59. The van der Waals surface area contributed by atoms with Crippen molar-refractivity contribution >= 4 is 32.2 Å².